The molecule has 2 aliphatic rings. The van der Waals surface area contributed by atoms with Crippen LogP contribution in [0.15, 0.2) is 65.0 Å². The molecule has 2 aliphatic heterocycles. The number of carbonyl (C=O) groups is 1. The van der Waals surface area contributed by atoms with Crippen LogP contribution in [0.3, 0.4) is 0 Å². The molecule has 0 radical (unpaired) electrons. The Morgan fingerprint density at radius 1 is 1.03 bits per heavy atom. The number of anilines is 2. The summed E-state index contributed by atoms with van der Waals surface area (Å²) in [5, 5.41) is 2.03. The number of thiazole rings is 1. The van der Waals surface area contributed by atoms with Gasteiger partial charge in [0.15, 0.2) is 5.13 Å². The molecule has 5 rings (SSSR count). The van der Waals surface area contributed by atoms with E-state index in [2.05, 4.69) is 38.9 Å². The maximum atomic E-state index is 13.3. The van der Waals surface area contributed by atoms with E-state index in [0.717, 1.165) is 43.6 Å². The van der Waals surface area contributed by atoms with Crippen molar-refractivity contribution in [2.24, 2.45) is 5.73 Å². The topological polar surface area (TPSA) is 109 Å². The van der Waals surface area contributed by atoms with E-state index in [0.29, 0.717) is 24.1 Å². The molecule has 3 aromatic rings. The molecule has 2 fully saturated rings. The number of nitrogens with two attached hydrogens (primary N) is 1. The first-order chi connectivity index (χ1) is 16.9. The first kappa shape index (κ1) is 23.9. The minimum Gasteiger partial charge on any atom is -0.326 e. The fraction of sp³-hybridized carbons (Fsp3) is 0.360. The molecular formula is C25H33N5O3S2. The lowest BCUT2D eigenvalue weighted by molar-refractivity contribution is -0.122. The van der Waals surface area contributed by atoms with Crippen LogP contribution in [-0.4, -0.2) is 49.9 Å². The van der Waals surface area contributed by atoms with Crippen LogP contribution in [-0.2, 0) is 21.4 Å². The van der Waals surface area contributed by atoms with Crippen LogP contribution in [0.4, 0.5) is 10.8 Å². The molecule has 2 aromatic carbocycles. The van der Waals surface area contributed by atoms with Crippen molar-refractivity contribution in [1.29, 1.82) is 0 Å². The number of benzene rings is 2. The van der Waals surface area contributed by atoms with E-state index >= 15 is 0 Å². The minimum absolute atomic E-state index is 0. The number of piperidine rings is 1. The number of hydrogen-bond donors (Lipinski definition) is 2. The highest BCUT2D eigenvalue weighted by atomic mass is 32.2. The molecule has 0 unspecified atom stereocenters. The first-order valence-corrected chi connectivity index (χ1v) is 14.2. The molecule has 188 valence electrons. The van der Waals surface area contributed by atoms with Crippen molar-refractivity contribution in [3.63, 3.8) is 0 Å². The van der Waals surface area contributed by atoms with E-state index in [1.807, 2.05) is 0 Å². The van der Waals surface area contributed by atoms with Crippen molar-refractivity contribution in [3.8, 4) is 0 Å². The van der Waals surface area contributed by atoms with Crippen LogP contribution < -0.4 is 15.4 Å². The Balaban J connectivity index is 0.00000190. The van der Waals surface area contributed by atoms with E-state index in [-0.39, 0.29) is 19.7 Å². The fourth-order valence-electron chi connectivity index (χ4n) is 4.98. The maximum Gasteiger partial charge on any atom is 0.263 e. The first-order valence-electron chi connectivity index (χ1n) is 11.8. The van der Waals surface area contributed by atoms with E-state index in [9.17, 15) is 13.2 Å². The third-order valence-electron chi connectivity index (χ3n) is 6.95. The predicted molar refractivity (Wildman–Crippen MR) is 142 cm³/mol. The van der Waals surface area contributed by atoms with Crippen LogP contribution in [0, 0.1) is 0 Å². The van der Waals surface area contributed by atoms with Crippen molar-refractivity contribution in [1.82, 2.24) is 9.88 Å². The van der Waals surface area contributed by atoms with Crippen molar-refractivity contribution in [3.05, 3.63) is 71.2 Å². The van der Waals surface area contributed by atoms with Crippen LogP contribution in [0.25, 0.3) is 0 Å². The van der Waals surface area contributed by atoms with Crippen LogP contribution in [0.5, 0.6) is 0 Å². The Morgan fingerprint density at radius 3 is 2.37 bits per heavy atom. The smallest absolute Gasteiger partial charge is 0.263 e. The average Bonchev–Trinajstić information content (AvgIpc) is 3.53. The molecule has 10 heteroatoms. The van der Waals surface area contributed by atoms with Gasteiger partial charge in [-0.25, -0.2) is 13.4 Å². The third kappa shape index (κ3) is 5.11. The third-order valence-corrected chi connectivity index (χ3v) is 9.12. The monoisotopic (exact) mass is 515 g/mol. The molecule has 0 aliphatic carbocycles. The summed E-state index contributed by atoms with van der Waals surface area (Å²) in [5.74, 6) is 0.602. The highest BCUT2D eigenvalue weighted by Crippen LogP contribution is 2.32. The summed E-state index contributed by atoms with van der Waals surface area (Å²) in [4.78, 5) is 21.4. The molecule has 3 N–H and O–H groups in total. The summed E-state index contributed by atoms with van der Waals surface area (Å²) in [6.07, 6.45) is 4.39. The normalized spacial score (nSPS) is 19.9. The lowest BCUT2D eigenvalue weighted by atomic mass is 9.88. The summed E-state index contributed by atoms with van der Waals surface area (Å²) in [7, 11) is -3.72. The Bertz CT molecular complexity index is 1260. The van der Waals surface area contributed by atoms with Crippen molar-refractivity contribution < 1.29 is 16.1 Å². The second-order valence-corrected chi connectivity index (χ2v) is 11.6. The molecule has 2 saturated heterocycles. The van der Waals surface area contributed by atoms with Gasteiger partial charge >= 0.3 is 0 Å². The number of aromatic nitrogens is 1. The number of carbonyl (C=O) groups excluding carboxylic acids is 1. The molecule has 1 aromatic heterocycles. The van der Waals surface area contributed by atoms with Gasteiger partial charge in [-0.2, -0.15) is 0 Å². The van der Waals surface area contributed by atoms with Gasteiger partial charge in [-0.3, -0.25) is 14.4 Å². The van der Waals surface area contributed by atoms with E-state index in [1.54, 1.807) is 28.6 Å². The molecule has 3 heterocycles. The maximum absolute atomic E-state index is 13.3. The molecule has 35 heavy (non-hydrogen) atoms. The van der Waals surface area contributed by atoms with Gasteiger partial charge in [0.1, 0.15) is 0 Å². The Kier molecular flexibility index (Phi) is 6.88. The number of nitrogens with zero attached hydrogens (tertiary/aromatic N) is 3. The second-order valence-electron chi connectivity index (χ2n) is 8.99. The number of nitrogens with one attached hydrogen (secondary N) is 1. The lowest BCUT2D eigenvalue weighted by Crippen LogP contribution is -2.45. The van der Waals surface area contributed by atoms with Gasteiger partial charge in [-0.1, -0.05) is 24.3 Å². The molecule has 1 atom stereocenters. The number of rotatable bonds is 7. The summed E-state index contributed by atoms with van der Waals surface area (Å²) in [6.45, 7) is 2.98. The molecule has 8 nitrogen and oxygen atoms in total. The highest BCUT2D eigenvalue weighted by molar-refractivity contribution is 7.93. The van der Waals surface area contributed by atoms with Gasteiger partial charge in [0, 0.05) is 33.2 Å². The van der Waals surface area contributed by atoms with Gasteiger partial charge in [0.2, 0.25) is 5.91 Å². The zero-order valence-electron chi connectivity index (χ0n) is 19.3. The van der Waals surface area contributed by atoms with E-state index < -0.39 is 10.0 Å². The van der Waals surface area contributed by atoms with Gasteiger partial charge in [-0.15, -0.1) is 11.3 Å². The molecule has 0 spiro atoms. The number of amides is 1. The van der Waals surface area contributed by atoms with E-state index in [4.69, 9.17) is 5.73 Å². The summed E-state index contributed by atoms with van der Waals surface area (Å²) in [5.41, 5.74) is 8.92. The van der Waals surface area contributed by atoms with Gasteiger partial charge < -0.3 is 10.6 Å². The minimum atomic E-state index is -3.72. The SMILES string of the molecule is NCc1ccc(C2CCN([C@H]3CCN(c4ccc(S(=O)(=O)Nc5nccs5)cc4)C3=O)CC2)cc1.[HH].[HH]. The summed E-state index contributed by atoms with van der Waals surface area (Å²) in [6, 6.07) is 14.9. The molecule has 0 bridgehead atoms. The quantitative estimate of drug-likeness (QED) is 0.494. The Labute approximate surface area is 212 Å². The average molecular weight is 516 g/mol. The number of sulfonamides is 1. The highest BCUT2D eigenvalue weighted by Gasteiger charge is 2.38. The van der Waals surface area contributed by atoms with Crippen LogP contribution in [0.2, 0.25) is 0 Å². The van der Waals surface area contributed by atoms with E-state index in [1.165, 1.54) is 29.0 Å². The predicted octanol–water partition coefficient (Wildman–Crippen LogP) is 3.88. The summed E-state index contributed by atoms with van der Waals surface area (Å²) < 4.78 is 27.6. The molecule has 0 saturated carbocycles. The lowest BCUT2D eigenvalue weighted by Gasteiger charge is -2.35. The summed E-state index contributed by atoms with van der Waals surface area (Å²) >= 11 is 1.22. The zero-order valence-corrected chi connectivity index (χ0v) is 21.0. The fourth-order valence-corrected chi connectivity index (χ4v) is 6.77. The van der Waals surface area contributed by atoms with Crippen LogP contribution in [0.1, 0.15) is 39.2 Å². The second kappa shape index (κ2) is 10.1. The Hall–Kier alpha value is -2.79. The standard InChI is InChI=1S/C25H29N5O3S2.2H2/c26-17-18-1-3-19(4-2-18)20-9-13-29(14-10-20)23-11-15-30(24(23)31)21-5-7-22(8-6-21)35(32,33)28-25-27-12-16-34-25;;/h1-8,12,16,20,23H,9-11,13-15,17,26H2,(H,27,28);2*1H/t23-;;/m0../s1. The number of likely N-dealkylation sites (tertiary alicyclic amines) is 1. The van der Waals surface area contributed by atoms with Crippen molar-refractivity contribution in [2.45, 2.75) is 42.7 Å². The zero-order chi connectivity index (χ0) is 24.4. The van der Waals surface area contributed by atoms with Crippen molar-refractivity contribution in [2.75, 3.05) is 29.3 Å². The van der Waals surface area contributed by atoms with Gasteiger partial charge in [0.05, 0.1) is 10.9 Å². The largest absolute Gasteiger partial charge is 0.326 e. The van der Waals surface area contributed by atoms with Crippen molar-refractivity contribution >= 4 is 38.1 Å². The Morgan fingerprint density at radius 2 is 1.74 bits per heavy atom. The molecule has 1 amide bonds. The van der Waals surface area contributed by atoms with Crippen LogP contribution >= 0.6 is 11.3 Å². The number of hydrogen-bond acceptors (Lipinski definition) is 7. The van der Waals surface area contributed by atoms with Gasteiger partial charge in [0.25, 0.3) is 10.0 Å². The van der Waals surface area contributed by atoms with Gasteiger partial charge in [-0.05, 0) is 73.7 Å². The molecular weight excluding hydrogens is 482 g/mol.